The average Bonchev–Trinajstić information content (AvgIpc) is 3.27. The molecule has 2 aromatic heterocycles. The number of amides is 1. The second-order valence-corrected chi connectivity index (χ2v) is 5.39. The molecule has 2 aromatic rings. The number of piperazine rings is 1. The zero-order valence-corrected chi connectivity index (χ0v) is 16.5. The van der Waals surface area contributed by atoms with Gasteiger partial charge in [-0.15, -0.1) is 24.0 Å². The summed E-state index contributed by atoms with van der Waals surface area (Å²) in [5.74, 6) is 2.16. The van der Waals surface area contributed by atoms with Crippen molar-refractivity contribution >= 4 is 35.8 Å². The van der Waals surface area contributed by atoms with Crippen molar-refractivity contribution in [2.45, 2.75) is 13.5 Å². The summed E-state index contributed by atoms with van der Waals surface area (Å²) >= 11 is 0. The zero-order valence-electron chi connectivity index (χ0n) is 14.1. The minimum absolute atomic E-state index is 0. The van der Waals surface area contributed by atoms with Crippen LogP contribution in [-0.2, 0) is 6.54 Å². The van der Waals surface area contributed by atoms with E-state index in [9.17, 15) is 4.79 Å². The van der Waals surface area contributed by atoms with Crippen molar-refractivity contribution in [1.82, 2.24) is 25.3 Å². The highest BCUT2D eigenvalue weighted by Gasteiger charge is 2.25. The third-order valence-electron chi connectivity index (χ3n) is 3.78. The van der Waals surface area contributed by atoms with Crippen LogP contribution < -0.4 is 5.32 Å². The van der Waals surface area contributed by atoms with Crippen molar-refractivity contribution in [3.05, 3.63) is 35.9 Å². The second-order valence-electron chi connectivity index (χ2n) is 5.39. The normalized spacial score (nSPS) is 15.0. The zero-order chi connectivity index (χ0) is 16.9. The number of aryl methyl sites for hydroxylation is 1. The molecule has 1 N–H and O–H groups in total. The smallest absolute Gasteiger partial charge is 0.289 e. The third-order valence-corrected chi connectivity index (χ3v) is 3.78. The number of aromatic nitrogens is 2. The van der Waals surface area contributed by atoms with Crippen LogP contribution in [0.15, 0.2) is 32.3 Å². The summed E-state index contributed by atoms with van der Waals surface area (Å²) in [6, 6.07) is 3.40. The topological polar surface area (TPSA) is 100 Å². The first-order valence-corrected chi connectivity index (χ1v) is 7.75. The van der Waals surface area contributed by atoms with Gasteiger partial charge in [0, 0.05) is 33.2 Å². The molecule has 136 valence electrons. The lowest BCUT2D eigenvalue weighted by atomic mass is 10.3. The van der Waals surface area contributed by atoms with Crippen LogP contribution in [0, 0.1) is 6.92 Å². The summed E-state index contributed by atoms with van der Waals surface area (Å²) in [6.45, 7) is 4.79. The predicted octanol–water partition coefficient (Wildman–Crippen LogP) is 1.12. The average molecular weight is 460 g/mol. The quantitative estimate of drug-likeness (QED) is 0.417. The molecule has 0 bridgehead atoms. The third kappa shape index (κ3) is 4.71. The van der Waals surface area contributed by atoms with Gasteiger partial charge in [-0.25, -0.2) is 0 Å². The van der Waals surface area contributed by atoms with Crippen molar-refractivity contribution in [3.8, 4) is 0 Å². The number of rotatable bonds is 3. The van der Waals surface area contributed by atoms with Gasteiger partial charge in [-0.1, -0.05) is 5.16 Å². The van der Waals surface area contributed by atoms with Crippen molar-refractivity contribution in [1.29, 1.82) is 0 Å². The van der Waals surface area contributed by atoms with Gasteiger partial charge in [0.05, 0.1) is 12.8 Å². The van der Waals surface area contributed by atoms with E-state index in [2.05, 4.69) is 25.3 Å². The Morgan fingerprint density at radius 2 is 2.04 bits per heavy atom. The van der Waals surface area contributed by atoms with Gasteiger partial charge in [-0.3, -0.25) is 9.79 Å². The van der Waals surface area contributed by atoms with E-state index in [1.165, 1.54) is 6.26 Å². The highest BCUT2D eigenvalue weighted by atomic mass is 127. The lowest BCUT2D eigenvalue weighted by Crippen LogP contribution is -2.53. The fourth-order valence-electron chi connectivity index (χ4n) is 2.58. The molecule has 0 aliphatic carbocycles. The van der Waals surface area contributed by atoms with Crippen molar-refractivity contribution in [3.63, 3.8) is 0 Å². The Labute approximate surface area is 162 Å². The Kier molecular flexibility index (Phi) is 6.79. The van der Waals surface area contributed by atoms with Gasteiger partial charge >= 0.3 is 0 Å². The van der Waals surface area contributed by atoms with Crippen LogP contribution in [0.4, 0.5) is 0 Å². The predicted molar refractivity (Wildman–Crippen MR) is 101 cm³/mol. The van der Waals surface area contributed by atoms with E-state index in [4.69, 9.17) is 8.94 Å². The minimum Gasteiger partial charge on any atom is -0.459 e. The standard InChI is InChI=1S/C15H20N6O3.HI/c1-11-18-13(24-19-11)10-17-15(16-2)21-7-5-20(6-8-21)14(22)12-4-3-9-23-12;/h3-4,9H,5-8,10H2,1-2H3,(H,16,17);1H. The Morgan fingerprint density at radius 1 is 1.32 bits per heavy atom. The van der Waals surface area contributed by atoms with Gasteiger partial charge < -0.3 is 24.1 Å². The molecule has 0 unspecified atom stereocenters. The molecule has 25 heavy (non-hydrogen) atoms. The maximum atomic E-state index is 12.3. The summed E-state index contributed by atoms with van der Waals surface area (Å²) in [4.78, 5) is 24.6. The number of carbonyl (C=O) groups is 1. The van der Waals surface area contributed by atoms with Crippen LogP contribution in [-0.4, -0.2) is 65.0 Å². The van der Waals surface area contributed by atoms with Crippen LogP contribution >= 0.6 is 24.0 Å². The van der Waals surface area contributed by atoms with E-state index in [0.717, 1.165) is 5.96 Å². The van der Waals surface area contributed by atoms with E-state index < -0.39 is 0 Å². The van der Waals surface area contributed by atoms with E-state index >= 15 is 0 Å². The molecule has 1 aliphatic rings. The minimum atomic E-state index is -0.0797. The largest absolute Gasteiger partial charge is 0.459 e. The van der Waals surface area contributed by atoms with Crippen LogP contribution in [0.3, 0.4) is 0 Å². The number of hydrogen-bond acceptors (Lipinski definition) is 6. The molecule has 1 amide bonds. The highest BCUT2D eigenvalue weighted by molar-refractivity contribution is 14.0. The van der Waals surface area contributed by atoms with Crippen molar-refractivity contribution < 1.29 is 13.7 Å². The second kappa shape index (κ2) is 8.83. The van der Waals surface area contributed by atoms with Gasteiger partial charge in [0.2, 0.25) is 5.89 Å². The number of carbonyl (C=O) groups excluding carboxylic acids is 1. The fourth-order valence-corrected chi connectivity index (χ4v) is 2.58. The summed E-state index contributed by atoms with van der Waals surface area (Å²) in [6.07, 6.45) is 1.51. The van der Waals surface area contributed by atoms with Crippen molar-refractivity contribution in [2.75, 3.05) is 33.2 Å². The molecule has 0 atom stereocenters. The molecule has 0 saturated carbocycles. The SMILES string of the molecule is CN=C(NCc1nc(C)no1)N1CCN(C(=O)c2ccco2)CC1.I. The summed E-state index contributed by atoms with van der Waals surface area (Å²) < 4.78 is 10.2. The lowest BCUT2D eigenvalue weighted by molar-refractivity contribution is 0.0657. The molecular weight excluding hydrogens is 439 g/mol. The number of aliphatic imine (C=N–C) groups is 1. The fraction of sp³-hybridized carbons (Fsp3) is 0.467. The summed E-state index contributed by atoms with van der Waals surface area (Å²) in [7, 11) is 1.72. The van der Waals surface area contributed by atoms with Crippen LogP contribution in [0.1, 0.15) is 22.3 Å². The van der Waals surface area contributed by atoms with Crippen LogP contribution in [0.2, 0.25) is 0 Å². The first-order valence-electron chi connectivity index (χ1n) is 7.75. The monoisotopic (exact) mass is 460 g/mol. The molecule has 0 aromatic carbocycles. The molecule has 9 nitrogen and oxygen atoms in total. The van der Waals surface area contributed by atoms with E-state index in [1.54, 1.807) is 31.0 Å². The van der Waals surface area contributed by atoms with Gasteiger partial charge in [-0.2, -0.15) is 4.98 Å². The van der Waals surface area contributed by atoms with Gasteiger partial charge in [0.15, 0.2) is 17.5 Å². The molecule has 1 fully saturated rings. The van der Waals surface area contributed by atoms with E-state index in [1.807, 2.05) is 0 Å². The summed E-state index contributed by atoms with van der Waals surface area (Å²) in [5, 5.41) is 6.95. The van der Waals surface area contributed by atoms with Gasteiger partial charge in [0.25, 0.3) is 5.91 Å². The van der Waals surface area contributed by atoms with Crippen molar-refractivity contribution in [2.24, 2.45) is 4.99 Å². The highest BCUT2D eigenvalue weighted by Crippen LogP contribution is 2.09. The number of furan rings is 1. The van der Waals surface area contributed by atoms with E-state index in [-0.39, 0.29) is 29.9 Å². The Bertz CT molecular complexity index is 707. The van der Waals surface area contributed by atoms with Crippen LogP contribution in [0.25, 0.3) is 0 Å². The first kappa shape index (κ1) is 19.2. The number of hydrogen-bond donors (Lipinski definition) is 1. The maximum absolute atomic E-state index is 12.3. The molecular formula is C15H21IN6O3. The number of nitrogens with zero attached hydrogens (tertiary/aromatic N) is 5. The summed E-state index contributed by atoms with van der Waals surface area (Å²) in [5.41, 5.74) is 0. The van der Waals surface area contributed by atoms with Crippen LogP contribution in [0.5, 0.6) is 0 Å². The Hall–Kier alpha value is -2.11. The van der Waals surface area contributed by atoms with Gasteiger partial charge in [0.1, 0.15) is 0 Å². The molecule has 1 aliphatic heterocycles. The number of halogens is 1. The molecule has 0 spiro atoms. The number of guanidine groups is 1. The molecule has 3 rings (SSSR count). The number of nitrogens with one attached hydrogen (secondary N) is 1. The van der Waals surface area contributed by atoms with Gasteiger partial charge in [-0.05, 0) is 19.1 Å². The van der Waals surface area contributed by atoms with E-state index in [0.29, 0.717) is 50.2 Å². The Morgan fingerprint density at radius 3 is 2.60 bits per heavy atom. The molecule has 10 heteroatoms. The molecule has 0 radical (unpaired) electrons. The molecule has 3 heterocycles. The molecule has 1 saturated heterocycles. The first-order chi connectivity index (χ1) is 11.7. The lowest BCUT2D eigenvalue weighted by Gasteiger charge is -2.36. The Balaban J connectivity index is 0.00000225. The maximum Gasteiger partial charge on any atom is 0.289 e.